The number of nitrogens with zero attached hydrogens (tertiary/aromatic N) is 3. The topological polar surface area (TPSA) is 47.1 Å². The minimum absolute atomic E-state index is 0.348. The second-order valence-electron chi connectivity index (χ2n) is 4.67. The van der Waals surface area contributed by atoms with Crippen LogP contribution in [0.4, 0.5) is 0 Å². The van der Waals surface area contributed by atoms with Crippen molar-refractivity contribution in [3.05, 3.63) is 18.0 Å². The monoisotopic (exact) mass is 222 g/mol. The first-order chi connectivity index (χ1) is 7.76. The minimum Gasteiger partial charge on any atom is -0.329 e. The van der Waals surface area contributed by atoms with Gasteiger partial charge in [-0.15, -0.1) is 0 Å². The lowest BCUT2D eigenvalue weighted by Gasteiger charge is -2.30. The van der Waals surface area contributed by atoms with E-state index in [1.54, 1.807) is 0 Å². The van der Waals surface area contributed by atoms with Crippen molar-refractivity contribution in [3.8, 4) is 0 Å². The van der Waals surface area contributed by atoms with Crippen molar-refractivity contribution in [2.75, 3.05) is 13.1 Å². The Morgan fingerprint density at radius 2 is 2.38 bits per heavy atom. The van der Waals surface area contributed by atoms with Gasteiger partial charge in [0.2, 0.25) is 0 Å². The van der Waals surface area contributed by atoms with Crippen LogP contribution < -0.4 is 5.73 Å². The van der Waals surface area contributed by atoms with Gasteiger partial charge in [0.25, 0.3) is 0 Å². The van der Waals surface area contributed by atoms with Gasteiger partial charge in [-0.1, -0.05) is 6.92 Å². The van der Waals surface area contributed by atoms with Gasteiger partial charge in [-0.05, 0) is 25.8 Å². The first-order valence-corrected chi connectivity index (χ1v) is 6.20. The SMILES string of the molecule is CCCN(C1CC1)C(CN)c1cnn(C)c1. The Labute approximate surface area is 97.4 Å². The molecule has 90 valence electrons. The van der Waals surface area contributed by atoms with E-state index in [1.807, 2.05) is 17.9 Å². The average molecular weight is 222 g/mol. The first kappa shape index (κ1) is 11.6. The molecule has 1 atom stereocenters. The van der Waals surface area contributed by atoms with E-state index in [0.717, 1.165) is 12.6 Å². The molecular weight excluding hydrogens is 200 g/mol. The molecule has 0 aliphatic heterocycles. The molecule has 0 spiro atoms. The predicted octanol–water partition coefficient (Wildman–Crippen LogP) is 1.29. The van der Waals surface area contributed by atoms with Gasteiger partial charge in [0, 0.05) is 31.4 Å². The zero-order valence-corrected chi connectivity index (χ0v) is 10.3. The molecule has 0 radical (unpaired) electrons. The van der Waals surface area contributed by atoms with Gasteiger partial charge in [0.05, 0.1) is 12.2 Å². The molecule has 16 heavy (non-hydrogen) atoms. The molecule has 2 N–H and O–H groups in total. The Morgan fingerprint density at radius 3 is 2.81 bits per heavy atom. The summed E-state index contributed by atoms with van der Waals surface area (Å²) in [5, 5.41) is 4.24. The minimum atomic E-state index is 0.348. The van der Waals surface area contributed by atoms with Gasteiger partial charge < -0.3 is 5.73 Å². The van der Waals surface area contributed by atoms with E-state index < -0.39 is 0 Å². The Morgan fingerprint density at radius 1 is 1.62 bits per heavy atom. The summed E-state index contributed by atoms with van der Waals surface area (Å²) in [5.74, 6) is 0. The third kappa shape index (κ3) is 2.44. The Hall–Kier alpha value is -0.870. The van der Waals surface area contributed by atoms with Gasteiger partial charge in [-0.25, -0.2) is 0 Å². The molecule has 1 saturated carbocycles. The van der Waals surface area contributed by atoms with Crippen LogP contribution in [0.2, 0.25) is 0 Å². The molecule has 2 rings (SSSR count). The molecule has 1 unspecified atom stereocenters. The van der Waals surface area contributed by atoms with E-state index in [0.29, 0.717) is 12.6 Å². The molecule has 1 aromatic heterocycles. The van der Waals surface area contributed by atoms with Crippen LogP contribution in [-0.2, 0) is 7.05 Å². The fourth-order valence-electron chi connectivity index (χ4n) is 2.33. The van der Waals surface area contributed by atoms with Crippen LogP contribution in [0.25, 0.3) is 0 Å². The molecule has 4 heteroatoms. The number of rotatable bonds is 6. The van der Waals surface area contributed by atoms with E-state index in [-0.39, 0.29) is 0 Å². The highest BCUT2D eigenvalue weighted by Crippen LogP contribution is 2.33. The molecule has 0 saturated heterocycles. The number of hydrogen-bond donors (Lipinski definition) is 1. The second kappa shape index (κ2) is 4.97. The van der Waals surface area contributed by atoms with Crippen molar-refractivity contribution in [3.63, 3.8) is 0 Å². The molecular formula is C12H22N4. The lowest BCUT2D eigenvalue weighted by molar-refractivity contribution is 0.191. The Balaban J connectivity index is 2.12. The fraction of sp³-hybridized carbons (Fsp3) is 0.750. The molecule has 4 nitrogen and oxygen atoms in total. The van der Waals surface area contributed by atoms with E-state index in [2.05, 4.69) is 23.1 Å². The van der Waals surface area contributed by atoms with Gasteiger partial charge in [-0.2, -0.15) is 5.10 Å². The van der Waals surface area contributed by atoms with Crippen LogP contribution in [0.5, 0.6) is 0 Å². The number of hydrogen-bond acceptors (Lipinski definition) is 3. The zero-order valence-electron chi connectivity index (χ0n) is 10.3. The lowest BCUT2D eigenvalue weighted by atomic mass is 10.1. The van der Waals surface area contributed by atoms with Crippen LogP contribution in [0.15, 0.2) is 12.4 Å². The molecule has 1 aliphatic rings. The summed E-state index contributed by atoms with van der Waals surface area (Å²) >= 11 is 0. The van der Waals surface area contributed by atoms with Crippen molar-refractivity contribution >= 4 is 0 Å². The maximum atomic E-state index is 5.93. The number of nitrogens with two attached hydrogens (primary N) is 1. The van der Waals surface area contributed by atoms with Crippen LogP contribution >= 0.6 is 0 Å². The van der Waals surface area contributed by atoms with Gasteiger partial charge in [0.15, 0.2) is 0 Å². The lowest BCUT2D eigenvalue weighted by Crippen LogP contribution is -2.36. The summed E-state index contributed by atoms with van der Waals surface area (Å²) in [6, 6.07) is 1.11. The smallest absolute Gasteiger partial charge is 0.0538 e. The first-order valence-electron chi connectivity index (χ1n) is 6.20. The predicted molar refractivity (Wildman–Crippen MR) is 65.0 cm³/mol. The maximum Gasteiger partial charge on any atom is 0.0538 e. The number of aromatic nitrogens is 2. The second-order valence-corrected chi connectivity index (χ2v) is 4.67. The van der Waals surface area contributed by atoms with E-state index in [9.17, 15) is 0 Å². The van der Waals surface area contributed by atoms with E-state index in [1.165, 1.54) is 24.8 Å². The summed E-state index contributed by atoms with van der Waals surface area (Å²) in [5.41, 5.74) is 7.19. The summed E-state index contributed by atoms with van der Waals surface area (Å²) in [7, 11) is 1.96. The van der Waals surface area contributed by atoms with Crippen molar-refractivity contribution < 1.29 is 0 Å². The highest BCUT2D eigenvalue weighted by molar-refractivity contribution is 5.12. The average Bonchev–Trinajstić information content (AvgIpc) is 3.02. The highest BCUT2D eigenvalue weighted by Gasteiger charge is 2.33. The summed E-state index contributed by atoms with van der Waals surface area (Å²) in [6.45, 7) is 4.05. The summed E-state index contributed by atoms with van der Waals surface area (Å²) < 4.78 is 1.86. The maximum absolute atomic E-state index is 5.93. The molecule has 0 aromatic carbocycles. The van der Waals surface area contributed by atoms with Gasteiger partial charge in [-0.3, -0.25) is 9.58 Å². The van der Waals surface area contributed by atoms with Gasteiger partial charge in [0.1, 0.15) is 0 Å². The standard InChI is InChI=1S/C12H22N4/c1-3-6-16(11-4-5-11)12(7-13)10-8-14-15(2)9-10/h8-9,11-12H,3-7,13H2,1-2H3. The fourth-order valence-corrected chi connectivity index (χ4v) is 2.33. The molecule has 1 heterocycles. The van der Waals surface area contributed by atoms with Crippen LogP contribution in [0, 0.1) is 0 Å². The van der Waals surface area contributed by atoms with E-state index in [4.69, 9.17) is 5.73 Å². The molecule has 1 aromatic rings. The zero-order chi connectivity index (χ0) is 11.5. The third-order valence-electron chi connectivity index (χ3n) is 3.23. The van der Waals surface area contributed by atoms with Crippen molar-refractivity contribution in [2.45, 2.75) is 38.3 Å². The molecule has 0 bridgehead atoms. The molecule has 1 aliphatic carbocycles. The van der Waals surface area contributed by atoms with Crippen molar-refractivity contribution in [2.24, 2.45) is 12.8 Å². The van der Waals surface area contributed by atoms with Crippen LogP contribution in [0.3, 0.4) is 0 Å². The Kier molecular flexibility index (Phi) is 3.61. The van der Waals surface area contributed by atoms with E-state index >= 15 is 0 Å². The third-order valence-corrected chi connectivity index (χ3v) is 3.23. The quantitative estimate of drug-likeness (QED) is 0.789. The molecule has 1 fully saturated rings. The summed E-state index contributed by atoms with van der Waals surface area (Å²) in [4.78, 5) is 2.55. The highest BCUT2D eigenvalue weighted by atomic mass is 15.3. The largest absolute Gasteiger partial charge is 0.329 e. The van der Waals surface area contributed by atoms with Crippen LogP contribution in [-0.4, -0.2) is 33.8 Å². The Bertz CT molecular complexity index is 330. The number of aryl methyl sites for hydroxylation is 1. The van der Waals surface area contributed by atoms with Crippen molar-refractivity contribution in [1.82, 2.24) is 14.7 Å². The van der Waals surface area contributed by atoms with Crippen molar-refractivity contribution in [1.29, 1.82) is 0 Å². The van der Waals surface area contributed by atoms with Crippen LogP contribution in [0.1, 0.15) is 37.8 Å². The van der Waals surface area contributed by atoms with Gasteiger partial charge >= 0.3 is 0 Å². The summed E-state index contributed by atoms with van der Waals surface area (Å²) in [6.07, 6.45) is 7.88. The molecule has 0 amide bonds. The normalized spacial score (nSPS) is 18.0.